The molecule has 0 aliphatic carbocycles. The van der Waals surface area contributed by atoms with Crippen LogP contribution in [0.2, 0.25) is 5.02 Å². The summed E-state index contributed by atoms with van der Waals surface area (Å²) in [5.74, 6) is -0.563. The number of rotatable bonds is 5. The highest BCUT2D eigenvalue weighted by Crippen LogP contribution is 2.29. The molecule has 0 atom stereocenters. The second kappa shape index (κ2) is 6.35. The summed E-state index contributed by atoms with van der Waals surface area (Å²) >= 11 is 5.65. The van der Waals surface area contributed by atoms with Gasteiger partial charge in [-0.2, -0.15) is 0 Å². The van der Waals surface area contributed by atoms with Gasteiger partial charge in [-0.05, 0) is 23.8 Å². The Morgan fingerprint density at radius 1 is 1.09 bits per heavy atom. The summed E-state index contributed by atoms with van der Waals surface area (Å²) in [5.41, 5.74) is -0.0559. The zero-order chi connectivity index (χ0) is 16.3. The molecule has 7 nitrogen and oxygen atoms in total. The van der Waals surface area contributed by atoms with E-state index in [1.807, 2.05) is 0 Å². The number of nitro groups is 2. The third-order valence-electron chi connectivity index (χ3n) is 2.86. The summed E-state index contributed by atoms with van der Waals surface area (Å²) in [4.78, 5) is 20.2. The number of hydrogen-bond donors (Lipinski definition) is 1. The van der Waals surface area contributed by atoms with Crippen LogP contribution in [0.25, 0.3) is 0 Å². The van der Waals surface area contributed by atoms with Crippen LogP contribution < -0.4 is 5.32 Å². The Morgan fingerprint density at radius 2 is 1.82 bits per heavy atom. The molecule has 0 spiro atoms. The number of nitrogens with one attached hydrogen (secondary N) is 1. The van der Waals surface area contributed by atoms with Gasteiger partial charge >= 0.3 is 0 Å². The number of nitrogens with zero attached hydrogens (tertiary/aromatic N) is 2. The molecule has 0 unspecified atom stereocenters. The van der Waals surface area contributed by atoms with E-state index in [4.69, 9.17) is 11.6 Å². The Bertz CT molecular complexity index is 754. The van der Waals surface area contributed by atoms with E-state index in [-0.39, 0.29) is 22.9 Å². The predicted octanol–water partition coefficient (Wildman–Crippen LogP) is 3.91. The molecule has 0 aliphatic heterocycles. The van der Waals surface area contributed by atoms with Gasteiger partial charge in [0.05, 0.1) is 20.9 Å². The zero-order valence-electron chi connectivity index (χ0n) is 11.0. The predicted molar refractivity (Wildman–Crippen MR) is 78.5 cm³/mol. The highest BCUT2D eigenvalue weighted by Gasteiger charge is 2.19. The first-order valence-electron chi connectivity index (χ1n) is 5.99. The maximum Gasteiger partial charge on any atom is 0.299 e. The summed E-state index contributed by atoms with van der Waals surface area (Å²) in [6.45, 7) is 0.151. The van der Waals surface area contributed by atoms with Gasteiger partial charge in [0.15, 0.2) is 0 Å². The van der Waals surface area contributed by atoms with Gasteiger partial charge in [-0.1, -0.05) is 17.7 Å². The van der Waals surface area contributed by atoms with Gasteiger partial charge in [0.1, 0.15) is 11.5 Å². The minimum Gasteiger partial charge on any atom is -0.375 e. The summed E-state index contributed by atoms with van der Waals surface area (Å²) in [6, 6.07) is 7.34. The lowest BCUT2D eigenvalue weighted by Gasteiger charge is -2.07. The van der Waals surface area contributed by atoms with Crippen molar-refractivity contribution in [3.63, 3.8) is 0 Å². The van der Waals surface area contributed by atoms with Crippen LogP contribution in [0.15, 0.2) is 36.4 Å². The molecule has 0 bridgehead atoms. The summed E-state index contributed by atoms with van der Waals surface area (Å²) in [7, 11) is 0. The average Bonchev–Trinajstić information content (AvgIpc) is 2.48. The van der Waals surface area contributed by atoms with Crippen LogP contribution in [-0.2, 0) is 6.54 Å². The third kappa shape index (κ3) is 3.47. The maximum atomic E-state index is 13.0. The fourth-order valence-electron chi connectivity index (χ4n) is 1.78. The standard InChI is InChI=1S/C13H9ClFN3O4/c14-10-5-8(1-3-11(10)15)7-16-12-4-2-9(17(19)20)6-13(12)18(21)22/h1-6,16H,7H2. The van der Waals surface area contributed by atoms with Crippen LogP contribution in [0.4, 0.5) is 21.5 Å². The fraction of sp³-hybridized carbons (Fsp3) is 0.0769. The second-order valence-corrected chi connectivity index (χ2v) is 4.72. The second-order valence-electron chi connectivity index (χ2n) is 4.32. The van der Waals surface area contributed by atoms with Gasteiger partial charge in [-0.3, -0.25) is 20.2 Å². The van der Waals surface area contributed by atoms with Gasteiger partial charge in [0, 0.05) is 12.6 Å². The summed E-state index contributed by atoms with van der Waals surface area (Å²) < 4.78 is 13.0. The topological polar surface area (TPSA) is 98.3 Å². The van der Waals surface area contributed by atoms with E-state index in [0.29, 0.717) is 5.56 Å². The molecule has 0 fully saturated rings. The molecule has 22 heavy (non-hydrogen) atoms. The normalized spacial score (nSPS) is 10.3. The van der Waals surface area contributed by atoms with Crippen LogP contribution in [-0.4, -0.2) is 9.85 Å². The molecule has 0 radical (unpaired) electrons. The van der Waals surface area contributed by atoms with Crippen molar-refractivity contribution in [1.29, 1.82) is 0 Å². The minimum atomic E-state index is -0.715. The Balaban J connectivity index is 2.23. The van der Waals surface area contributed by atoms with Crippen LogP contribution in [0.1, 0.15) is 5.56 Å². The number of benzene rings is 2. The molecule has 2 rings (SSSR count). The van der Waals surface area contributed by atoms with Gasteiger partial charge < -0.3 is 5.32 Å². The maximum absolute atomic E-state index is 13.0. The average molecular weight is 326 g/mol. The van der Waals surface area contributed by atoms with E-state index in [9.17, 15) is 24.6 Å². The molecule has 0 aliphatic rings. The molecule has 2 aromatic carbocycles. The summed E-state index contributed by atoms with van der Waals surface area (Å²) in [6.07, 6.45) is 0. The van der Waals surface area contributed by atoms with E-state index in [0.717, 1.165) is 12.1 Å². The van der Waals surface area contributed by atoms with E-state index < -0.39 is 21.4 Å². The Kier molecular flexibility index (Phi) is 4.52. The van der Waals surface area contributed by atoms with E-state index in [1.165, 1.54) is 24.3 Å². The van der Waals surface area contributed by atoms with Crippen molar-refractivity contribution in [2.45, 2.75) is 6.54 Å². The number of nitro benzene ring substituents is 2. The largest absolute Gasteiger partial charge is 0.375 e. The molecule has 0 saturated carbocycles. The molecule has 0 amide bonds. The molecule has 114 valence electrons. The molecule has 0 saturated heterocycles. The van der Waals surface area contributed by atoms with E-state index >= 15 is 0 Å². The monoisotopic (exact) mass is 325 g/mol. The van der Waals surface area contributed by atoms with E-state index in [1.54, 1.807) is 0 Å². The smallest absolute Gasteiger partial charge is 0.299 e. The molecule has 0 heterocycles. The molecule has 9 heteroatoms. The van der Waals surface area contributed by atoms with Crippen molar-refractivity contribution in [1.82, 2.24) is 0 Å². The lowest BCUT2D eigenvalue weighted by Crippen LogP contribution is -2.03. The highest BCUT2D eigenvalue weighted by molar-refractivity contribution is 6.30. The number of non-ortho nitro benzene ring substituents is 1. The Morgan fingerprint density at radius 3 is 2.41 bits per heavy atom. The van der Waals surface area contributed by atoms with Crippen molar-refractivity contribution in [3.05, 3.63) is 73.0 Å². The van der Waals surface area contributed by atoms with Crippen LogP contribution in [0, 0.1) is 26.0 Å². The van der Waals surface area contributed by atoms with Crippen molar-refractivity contribution >= 4 is 28.7 Å². The number of anilines is 1. The number of halogens is 2. The van der Waals surface area contributed by atoms with E-state index in [2.05, 4.69) is 5.32 Å². The quantitative estimate of drug-likeness (QED) is 0.663. The van der Waals surface area contributed by atoms with Gasteiger partial charge in [0.2, 0.25) is 0 Å². The van der Waals surface area contributed by atoms with Gasteiger partial charge in [0.25, 0.3) is 11.4 Å². The van der Waals surface area contributed by atoms with Crippen molar-refractivity contribution in [3.8, 4) is 0 Å². The number of hydrogen-bond acceptors (Lipinski definition) is 5. The lowest BCUT2D eigenvalue weighted by atomic mass is 10.2. The Labute approximate surface area is 128 Å². The molecule has 1 N–H and O–H groups in total. The molecule has 0 aromatic heterocycles. The zero-order valence-corrected chi connectivity index (χ0v) is 11.7. The van der Waals surface area contributed by atoms with Crippen LogP contribution in [0.5, 0.6) is 0 Å². The Hall–Kier alpha value is -2.74. The lowest BCUT2D eigenvalue weighted by molar-refractivity contribution is -0.393. The van der Waals surface area contributed by atoms with Crippen LogP contribution >= 0.6 is 11.6 Å². The van der Waals surface area contributed by atoms with Gasteiger partial charge in [-0.15, -0.1) is 0 Å². The minimum absolute atomic E-state index is 0.0579. The summed E-state index contributed by atoms with van der Waals surface area (Å²) in [5, 5.41) is 24.3. The van der Waals surface area contributed by atoms with Gasteiger partial charge in [-0.25, -0.2) is 4.39 Å². The first kappa shape index (κ1) is 15.6. The molecular weight excluding hydrogens is 317 g/mol. The van der Waals surface area contributed by atoms with Crippen molar-refractivity contribution in [2.75, 3.05) is 5.32 Å². The fourth-order valence-corrected chi connectivity index (χ4v) is 1.98. The van der Waals surface area contributed by atoms with Crippen molar-refractivity contribution < 1.29 is 14.2 Å². The third-order valence-corrected chi connectivity index (χ3v) is 3.15. The molecular formula is C13H9ClFN3O4. The van der Waals surface area contributed by atoms with Crippen LogP contribution in [0.3, 0.4) is 0 Å². The molecule has 2 aromatic rings. The first-order chi connectivity index (χ1) is 10.4. The SMILES string of the molecule is O=[N+]([O-])c1ccc(NCc2ccc(F)c(Cl)c2)c([N+](=O)[O-])c1. The van der Waals surface area contributed by atoms with Crippen molar-refractivity contribution in [2.24, 2.45) is 0 Å². The highest BCUT2D eigenvalue weighted by atomic mass is 35.5. The first-order valence-corrected chi connectivity index (χ1v) is 6.37.